The van der Waals surface area contributed by atoms with Gasteiger partial charge in [-0.25, -0.2) is 47.5 Å². The lowest BCUT2D eigenvalue weighted by Gasteiger charge is -2.22. The molecule has 0 aliphatic heterocycles. The van der Waals surface area contributed by atoms with E-state index in [2.05, 4.69) is 45.9 Å². The Morgan fingerprint density at radius 3 is 1.46 bits per heavy atom. The molecule has 6 aromatic rings. The second-order valence-corrected chi connectivity index (χ2v) is 15.4. The van der Waals surface area contributed by atoms with Crippen LogP contribution < -0.4 is 31.2 Å². The minimum absolute atomic E-state index is 0.0166. The van der Waals surface area contributed by atoms with Crippen LogP contribution in [0.1, 0.15) is 66.4 Å². The predicted molar refractivity (Wildman–Crippen MR) is 230 cm³/mol. The molecule has 336 valence electrons. The fourth-order valence-electron chi connectivity index (χ4n) is 7.59. The Kier molecular flexibility index (Phi) is 14.8. The standard InChI is InChI=1S/C24H23F2N5O3.C22H21F2N5O2/c1-14(32)29-21-10-9-19(23-27-11-17(26)12-28-23)22(31-21)24(33)30-20-4-2-3-15(20)13-34-18-7-5-16(25)6-8-18;23-14-4-6-16(7-5-14)31-12-13-2-1-3-18(13)28-22(30)20-17(8-9-19(25)29-20)21-26-10-15(24)11-27-21/h5-12,15,20H,2-4,13H2,1H3,(H,30,33)(H,29,31,32);4-11,13,18H,1-3,12H2,(H2,25,29)(H,28,30)/t15-,20+;13-,18+/m11/s1. The molecule has 4 aromatic heterocycles. The van der Waals surface area contributed by atoms with Crippen molar-refractivity contribution in [3.05, 3.63) is 132 Å². The topological polar surface area (TPSA) is 209 Å². The van der Waals surface area contributed by atoms with Gasteiger partial charge in [-0.05, 0) is 98.5 Å². The van der Waals surface area contributed by atoms with Crippen molar-refractivity contribution < 1.29 is 41.4 Å². The molecule has 2 aliphatic rings. The summed E-state index contributed by atoms with van der Waals surface area (Å²) < 4.78 is 64.2. The maximum atomic E-state index is 13.3. The normalized spacial score (nSPS) is 17.6. The van der Waals surface area contributed by atoms with Crippen LogP contribution in [0.2, 0.25) is 0 Å². The zero-order valence-electron chi connectivity index (χ0n) is 35.0. The molecule has 2 fully saturated rings. The Morgan fingerprint density at radius 2 is 1.02 bits per heavy atom. The monoisotopic (exact) mass is 892 g/mol. The second kappa shape index (κ2) is 21.2. The number of nitrogen functional groups attached to an aromatic ring is 1. The number of nitrogens with zero attached hydrogens (tertiary/aromatic N) is 6. The Hall–Kier alpha value is -7.57. The summed E-state index contributed by atoms with van der Waals surface area (Å²) in [5.41, 5.74) is 6.56. The molecular weight excluding hydrogens is 849 g/mol. The smallest absolute Gasteiger partial charge is 0.270 e. The zero-order valence-corrected chi connectivity index (χ0v) is 35.0. The quantitative estimate of drug-likeness (QED) is 0.0854. The van der Waals surface area contributed by atoms with Gasteiger partial charge < -0.3 is 31.2 Å². The number of halogens is 4. The van der Waals surface area contributed by atoms with E-state index in [1.807, 2.05) is 0 Å². The van der Waals surface area contributed by atoms with Gasteiger partial charge in [-0.1, -0.05) is 12.8 Å². The molecule has 0 radical (unpaired) electrons. The van der Waals surface area contributed by atoms with Crippen LogP contribution in [0.25, 0.3) is 22.8 Å². The van der Waals surface area contributed by atoms with E-state index in [0.29, 0.717) is 35.8 Å². The number of carbonyl (C=O) groups excluding carboxylic acids is 3. The molecule has 3 amide bonds. The van der Waals surface area contributed by atoms with Gasteiger partial charge in [-0.15, -0.1) is 0 Å². The summed E-state index contributed by atoms with van der Waals surface area (Å²) in [7, 11) is 0. The van der Waals surface area contributed by atoms with E-state index in [9.17, 15) is 31.9 Å². The molecule has 4 atom stereocenters. The summed E-state index contributed by atoms with van der Waals surface area (Å²) in [5.74, 6) is -1.07. The van der Waals surface area contributed by atoms with E-state index in [0.717, 1.165) is 63.3 Å². The second-order valence-electron chi connectivity index (χ2n) is 15.4. The average Bonchev–Trinajstić information content (AvgIpc) is 3.95. The summed E-state index contributed by atoms with van der Waals surface area (Å²) in [6.07, 6.45) is 9.24. The number of pyridine rings is 2. The van der Waals surface area contributed by atoms with Gasteiger partial charge in [0.05, 0.1) is 49.1 Å². The van der Waals surface area contributed by atoms with Crippen LogP contribution in [0, 0.1) is 35.1 Å². The first-order valence-corrected chi connectivity index (χ1v) is 20.8. The number of anilines is 2. The van der Waals surface area contributed by atoms with E-state index in [-0.39, 0.29) is 76.1 Å². The van der Waals surface area contributed by atoms with Gasteiger partial charge in [-0.2, -0.15) is 0 Å². The van der Waals surface area contributed by atoms with Crippen LogP contribution in [0.5, 0.6) is 11.5 Å². The Morgan fingerprint density at radius 1 is 0.585 bits per heavy atom. The molecule has 0 spiro atoms. The molecule has 5 N–H and O–H groups in total. The van der Waals surface area contributed by atoms with Crippen LogP contribution in [0.3, 0.4) is 0 Å². The maximum Gasteiger partial charge on any atom is 0.270 e. The highest BCUT2D eigenvalue weighted by Gasteiger charge is 2.32. The van der Waals surface area contributed by atoms with Gasteiger partial charge in [0.15, 0.2) is 23.3 Å². The van der Waals surface area contributed by atoms with Crippen molar-refractivity contribution in [2.45, 2.75) is 57.5 Å². The van der Waals surface area contributed by atoms with Crippen LogP contribution >= 0.6 is 0 Å². The molecule has 2 aromatic carbocycles. The Balaban J connectivity index is 0.000000195. The summed E-state index contributed by atoms with van der Waals surface area (Å²) in [5, 5.41) is 8.58. The zero-order chi connectivity index (χ0) is 45.9. The molecule has 0 bridgehead atoms. The van der Waals surface area contributed by atoms with Gasteiger partial charge in [0.1, 0.15) is 46.2 Å². The number of ether oxygens (including phenoxy) is 2. The van der Waals surface area contributed by atoms with Gasteiger partial charge in [-0.3, -0.25) is 14.4 Å². The lowest BCUT2D eigenvalue weighted by molar-refractivity contribution is -0.114. The third-order valence-corrected chi connectivity index (χ3v) is 10.8. The lowest BCUT2D eigenvalue weighted by Crippen LogP contribution is -2.40. The van der Waals surface area contributed by atoms with E-state index >= 15 is 0 Å². The molecule has 65 heavy (non-hydrogen) atoms. The number of aromatic nitrogens is 6. The van der Waals surface area contributed by atoms with E-state index < -0.39 is 23.4 Å². The SMILES string of the molecule is CC(=O)Nc1ccc(-c2ncc(F)cn2)c(C(=O)N[C@H]2CCC[C@@H]2COc2ccc(F)cc2)n1.Nc1ccc(-c2ncc(F)cn2)c(C(=O)N[C@H]2CCC[C@@H]2COc2ccc(F)cc2)n1. The summed E-state index contributed by atoms with van der Waals surface area (Å²) in [6.45, 7) is 2.10. The van der Waals surface area contributed by atoms with Crippen LogP contribution in [-0.4, -0.2) is 72.9 Å². The number of carbonyl (C=O) groups is 3. The predicted octanol–water partition coefficient (Wildman–Crippen LogP) is 7.13. The minimum atomic E-state index is -0.604. The van der Waals surface area contributed by atoms with E-state index in [1.54, 1.807) is 36.4 Å². The molecule has 2 aliphatic carbocycles. The largest absolute Gasteiger partial charge is 0.493 e. The molecule has 0 unspecified atom stereocenters. The molecule has 15 nitrogen and oxygen atoms in total. The summed E-state index contributed by atoms with van der Waals surface area (Å²) >= 11 is 0. The molecule has 2 saturated carbocycles. The first-order valence-electron chi connectivity index (χ1n) is 20.8. The van der Waals surface area contributed by atoms with Gasteiger partial charge in [0.2, 0.25) is 5.91 Å². The first-order chi connectivity index (χ1) is 31.4. The minimum Gasteiger partial charge on any atom is -0.493 e. The third-order valence-electron chi connectivity index (χ3n) is 10.8. The number of nitrogens with two attached hydrogens (primary N) is 1. The highest BCUT2D eigenvalue weighted by molar-refractivity contribution is 6.00. The molecule has 19 heteroatoms. The van der Waals surface area contributed by atoms with E-state index in [4.69, 9.17) is 15.2 Å². The average molecular weight is 893 g/mol. The van der Waals surface area contributed by atoms with Crippen LogP contribution in [0.15, 0.2) is 97.6 Å². The fourth-order valence-corrected chi connectivity index (χ4v) is 7.59. The van der Waals surface area contributed by atoms with Gasteiger partial charge >= 0.3 is 0 Å². The highest BCUT2D eigenvalue weighted by Crippen LogP contribution is 2.30. The number of hydrogen-bond donors (Lipinski definition) is 4. The van der Waals surface area contributed by atoms with Crippen molar-refractivity contribution in [2.75, 3.05) is 24.3 Å². The Bertz CT molecular complexity index is 2590. The van der Waals surface area contributed by atoms with Crippen molar-refractivity contribution in [2.24, 2.45) is 11.8 Å². The fraction of sp³-hybridized carbons (Fsp3) is 0.283. The van der Waals surface area contributed by atoms with Crippen molar-refractivity contribution in [3.63, 3.8) is 0 Å². The number of benzene rings is 2. The van der Waals surface area contributed by atoms with Gasteiger partial charge in [0.25, 0.3) is 11.8 Å². The third kappa shape index (κ3) is 12.3. The van der Waals surface area contributed by atoms with E-state index in [1.165, 1.54) is 43.3 Å². The molecule has 8 rings (SSSR count). The van der Waals surface area contributed by atoms with Crippen molar-refractivity contribution in [1.82, 2.24) is 40.5 Å². The van der Waals surface area contributed by atoms with Crippen molar-refractivity contribution >= 4 is 29.4 Å². The molecular formula is C46H44F4N10O5. The van der Waals surface area contributed by atoms with Gasteiger partial charge in [0, 0.05) is 30.8 Å². The Labute approximate surface area is 370 Å². The van der Waals surface area contributed by atoms with Crippen molar-refractivity contribution in [1.29, 1.82) is 0 Å². The number of hydrogen-bond acceptors (Lipinski definition) is 12. The lowest BCUT2D eigenvalue weighted by atomic mass is 10.0. The first kappa shape index (κ1) is 45.5. The van der Waals surface area contributed by atoms with Crippen LogP contribution in [0.4, 0.5) is 29.2 Å². The summed E-state index contributed by atoms with van der Waals surface area (Å²) in [4.78, 5) is 62.0. The molecule has 0 saturated heterocycles. The highest BCUT2D eigenvalue weighted by atomic mass is 19.1. The van der Waals surface area contributed by atoms with Crippen LogP contribution in [-0.2, 0) is 4.79 Å². The number of rotatable bonds is 13. The molecule has 4 heterocycles. The maximum absolute atomic E-state index is 13.3. The number of amides is 3. The number of nitrogens with one attached hydrogen (secondary N) is 3. The summed E-state index contributed by atoms with van der Waals surface area (Å²) in [6, 6.07) is 17.5. The van der Waals surface area contributed by atoms with Crippen molar-refractivity contribution in [3.8, 4) is 34.3 Å².